The van der Waals surface area contributed by atoms with Gasteiger partial charge in [0.25, 0.3) is 0 Å². The van der Waals surface area contributed by atoms with Crippen molar-refractivity contribution in [2.24, 2.45) is 16.8 Å². The number of rotatable bonds is 7. The molecule has 0 radical (unpaired) electrons. The highest BCUT2D eigenvalue weighted by molar-refractivity contribution is 6.12. The maximum atomic E-state index is 5.00. The Labute approximate surface area is 374 Å². The first-order valence-corrected chi connectivity index (χ1v) is 22.0. The molecule has 1 aliphatic heterocycles. The molecule has 0 amide bonds. The summed E-state index contributed by atoms with van der Waals surface area (Å²) in [4.78, 5) is 19.4. The minimum atomic E-state index is 0.448. The molecule has 6 heterocycles. The van der Waals surface area contributed by atoms with Gasteiger partial charge in [0.05, 0.1) is 44.5 Å². The molecule has 2 unspecified atom stereocenters. The zero-order chi connectivity index (χ0) is 43.6. The molecule has 12 rings (SSSR count). The summed E-state index contributed by atoms with van der Waals surface area (Å²) in [6.07, 6.45) is 23.0. The van der Waals surface area contributed by atoms with E-state index in [1.807, 2.05) is 43.9 Å². The van der Waals surface area contributed by atoms with Crippen LogP contribution >= 0.6 is 0 Å². The van der Waals surface area contributed by atoms with Gasteiger partial charge in [-0.3, -0.25) is 19.9 Å². The Kier molecular flexibility index (Phi) is 10.9. The van der Waals surface area contributed by atoms with Crippen molar-refractivity contribution in [3.05, 3.63) is 208 Å². The third kappa shape index (κ3) is 7.23. The van der Waals surface area contributed by atoms with Crippen molar-refractivity contribution >= 4 is 67.2 Å². The van der Waals surface area contributed by atoms with E-state index in [2.05, 4.69) is 167 Å². The molecule has 310 valence electrons. The van der Waals surface area contributed by atoms with Crippen LogP contribution in [0.1, 0.15) is 31.7 Å². The zero-order valence-electron chi connectivity index (χ0n) is 36.0. The number of nitrogens with zero attached hydrogens (tertiary/aromatic N) is 6. The van der Waals surface area contributed by atoms with Crippen molar-refractivity contribution in [2.45, 2.75) is 26.2 Å². The fourth-order valence-corrected chi connectivity index (χ4v) is 9.32. The third-order valence-electron chi connectivity index (χ3n) is 12.2. The first kappa shape index (κ1) is 40.1. The molecule has 1 saturated carbocycles. The molecule has 6 nitrogen and oxygen atoms in total. The summed E-state index contributed by atoms with van der Waals surface area (Å²) < 4.78 is 4.90. The van der Waals surface area contributed by atoms with E-state index < -0.39 is 0 Å². The predicted molar refractivity (Wildman–Crippen MR) is 271 cm³/mol. The highest BCUT2D eigenvalue weighted by Crippen LogP contribution is 2.54. The van der Waals surface area contributed by atoms with E-state index >= 15 is 0 Å². The lowest BCUT2D eigenvalue weighted by molar-refractivity contribution is 0.928. The van der Waals surface area contributed by atoms with E-state index in [0.29, 0.717) is 11.8 Å². The minimum Gasteiger partial charge on any atom is -0.311 e. The molecular formula is C58H48N6. The van der Waals surface area contributed by atoms with Crippen LogP contribution in [0.15, 0.2) is 207 Å². The molecular weight excluding hydrogens is 781 g/mol. The molecule has 2 aliphatic carbocycles. The molecule has 9 aromatic rings. The molecule has 1 fully saturated rings. The van der Waals surface area contributed by atoms with Gasteiger partial charge in [0.1, 0.15) is 0 Å². The predicted octanol–water partition coefficient (Wildman–Crippen LogP) is 14.9. The summed E-state index contributed by atoms with van der Waals surface area (Å²) in [5.74, 6) is 0.914. The van der Waals surface area contributed by atoms with Gasteiger partial charge in [0, 0.05) is 64.0 Å². The topological polar surface area (TPSA) is 60.9 Å². The Balaban J connectivity index is 0.000000650. The highest BCUT2D eigenvalue weighted by atomic mass is 15.1. The molecule has 6 heteroatoms. The number of fused-ring (bicyclic) bond motifs is 7. The van der Waals surface area contributed by atoms with Crippen LogP contribution < -0.4 is 0 Å². The highest BCUT2D eigenvalue weighted by Gasteiger charge is 2.43. The van der Waals surface area contributed by atoms with Gasteiger partial charge in [-0.05, 0) is 121 Å². The van der Waals surface area contributed by atoms with E-state index in [1.54, 1.807) is 18.2 Å². The lowest BCUT2D eigenvalue weighted by Crippen LogP contribution is -2.07. The van der Waals surface area contributed by atoms with Crippen LogP contribution in [0, 0.1) is 11.8 Å². The smallest absolute Gasteiger partial charge is 0.0963 e. The third-order valence-corrected chi connectivity index (χ3v) is 12.2. The maximum Gasteiger partial charge on any atom is 0.0963 e. The largest absolute Gasteiger partial charge is 0.311 e. The van der Waals surface area contributed by atoms with Crippen molar-refractivity contribution in [1.29, 1.82) is 0 Å². The number of hydrogen-bond acceptors (Lipinski definition) is 4. The van der Waals surface area contributed by atoms with E-state index in [1.165, 1.54) is 28.0 Å². The average molecular weight is 829 g/mol. The summed E-state index contributed by atoms with van der Waals surface area (Å²) in [6, 6.07) is 45.5. The summed E-state index contributed by atoms with van der Waals surface area (Å²) >= 11 is 0. The van der Waals surface area contributed by atoms with Gasteiger partial charge in [0.15, 0.2) is 0 Å². The van der Waals surface area contributed by atoms with E-state index in [9.17, 15) is 0 Å². The number of benzene rings is 4. The molecule has 5 aromatic heterocycles. The van der Waals surface area contributed by atoms with Gasteiger partial charge in [-0.1, -0.05) is 110 Å². The molecule has 0 saturated heterocycles. The lowest BCUT2D eigenvalue weighted by Gasteiger charge is -2.19. The summed E-state index contributed by atoms with van der Waals surface area (Å²) in [6.45, 7) is 12.0. The zero-order valence-corrected chi connectivity index (χ0v) is 36.0. The van der Waals surface area contributed by atoms with E-state index in [-0.39, 0.29) is 0 Å². The van der Waals surface area contributed by atoms with Crippen LogP contribution in [0.25, 0.3) is 94.5 Å². The second-order valence-electron chi connectivity index (χ2n) is 16.2. The Morgan fingerprint density at radius 3 is 1.77 bits per heavy atom. The molecule has 2 atom stereocenters. The Morgan fingerprint density at radius 2 is 1.16 bits per heavy atom. The van der Waals surface area contributed by atoms with Crippen molar-refractivity contribution < 1.29 is 0 Å². The Bertz CT molecular complexity index is 3390. The van der Waals surface area contributed by atoms with Gasteiger partial charge in [-0.2, -0.15) is 0 Å². The molecule has 64 heavy (non-hydrogen) atoms. The second-order valence-corrected chi connectivity index (χ2v) is 16.2. The molecule has 4 aromatic carbocycles. The van der Waals surface area contributed by atoms with Crippen LogP contribution in [-0.2, 0) is 0 Å². The van der Waals surface area contributed by atoms with Gasteiger partial charge < -0.3 is 9.13 Å². The molecule has 3 aliphatic rings. The number of allylic oxidation sites excluding steroid dienone is 8. The lowest BCUT2D eigenvalue weighted by atomic mass is 9.95. The fourth-order valence-electron chi connectivity index (χ4n) is 9.32. The maximum absolute atomic E-state index is 5.00. The standard InChI is InChI=1S/C51H36N6.C4H6.C3H6/c1-3-13-38(43-15-5-7-23-52-43)36(11-1)32-19-21-45-41(28-32)50-47(17-9-25-54-50)56(45)35-27-34-30-40(34)49(31-35)57-46-22-20-33(29-42(46)51-48(57)18-10-26-55-51)37-12-2-4-14-39(37)44-16-6-8-24-53-44;1-3-4-2;1-3-2/h1-4,6,8-29,31,34,40H,5,7,30H2;3-4H,1-2H2;3H,1H2,2H3. The van der Waals surface area contributed by atoms with Gasteiger partial charge >= 0.3 is 0 Å². The summed E-state index contributed by atoms with van der Waals surface area (Å²) in [5, 5.41) is 2.30. The summed E-state index contributed by atoms with van der Waals surface area (Å²) in [7, 11) is 0. The van der Waals surface area contributed by atoms with Crippen molar-refractivity contribution in [3.63, 3.8) is 0 Å². The number of pyridine rings is 3. The fraction of sp³-hybridized carbons (Fsp3) is 0.103. The quantitative estimate of drug-likeness (QED) is 0.119. The molecule has 0 spiro atoms. The van der Waals surface area contributed by atoms with Gasteiger partial charge in [-0.15, -0.1) is 6.58 Å². The second kappa shape index (κ2) is 17.4. The van der Waals surface area contributed by atoms with Crippen LogP contribution in [0.2, 0.25) is 0 Å². The van der Waals surface area contributed by atoms with Crippen molar-refractivity contribution in [2.75, 3.05) is 0 Å². The molecule has 0 N–H and O–H groups in total. The van der Waals surface area contributed by atoms with Crippen molar-refractivity contribution in [3.8, 4) is 33.5 Å². The monoisotopic (exact) mass is 828 g/mol. The van der Waals surface area contributed by atoms with E-state index in [4.69, 9.17) is 15.0 Å². The van der Waals surface area contributed by atoms with Crippen LogP contribution in [-0.4, -0.2) is 30.3 Å². The first-order valence-electron chi connectivity index (χ1n) is 22.0. The van der Waals surface area contributed by atoms with E-state index in [0.717, 1.165) is 91.3 Å². The number of hydrogen-bond donors (Lipinski definition) is 0. The Morgan fingerprint density at radius 1 is 0.578 bits per heavy atom. The summed E-state index contributed by atoms with van der Waals surface area (Å²) in [5.41, 5.74) is 18.1. The van der Waals surface area contributed by atoms with Gasteiger partial charge in [0.2, 0.25) is 0 Å². The number of aliphatic imine (C=N–C) groups is 1. The Hall–Kier alpha value is -7.96. The van der Waals surface area contributed by atoms with Gasteiger partial charge in [-0.25, -0.2) is 0 Å². The van der Waals surface area contributed by atoms with Crippen LogP contribution in [0.5, 0.6) is 0 Å². The average Bonchev–Trinajstić information content (AvgIpc) is 3.98. The van der Waals surface area contributed by atoms with Crippen LogP contribution in [0.4, 0.5) is 0 Å². The first-order chi connectivity index (χ1) is 31.6. The van der Waals surface area contributed by atoms with Crippen molar-refractivity contribution in [1.82, 2.24) is 24.1 Å². The minimum absolute atomic E-state index is 0.448. The normalized spacial score (nSPS) is 16.1. The number of aromatic nitrogens is 5. The molecule has 0 bridgehead atoms. The van der Waals surface area contributed by atoms with Crippen LogP contribution in [0.3, 0.4) is 0 Å². The SMILES string of the molecule is C1=NC(c2ccccc2-c2ccc3c(c2)c2ncccc2n3C2=CC3CC3C(n3c4ccc(-c5ccccc5-c5ccccn5)cc4c4ncccc43)=C2)=CCC1.C=CC.C=CC=C.